The lowest BCUT2D eigenvalue weighted by Gasteiger charge is -2.16. The number of hydrogen-bond donors (Lipinski definition) is 2. The van der Waals surface area contributed by atoms with Gasteiger partial charge in [0.25, 0.3) is 0 Å². The number of likely N-dealkylation sites (tertiary alicyclic amines) is 1. The number of aromatic nitrogens is 4. The number of nitrogen functional groups attached to an aromatic ring is 1. The molecule has 1 aliphatic heterocycles. The average molecular weight is 510 g/mol. The van der Waals surface area contributed by atoms with Crippen molar-refractivity contribution in [2.75, 3.05) is 25.9 Å². The van der Waals surface area contributed by atoms with Crippen LogP contribution in [0.1, 0.15) is 45.4 Å². The lowest BCUT2D eigenvalue weighted by atomic mass is 10.1. The van der Waals surface area contributed by atoms with E-state index >= 15 is 0 Å². The van der Waals surface area contributed by atoms with E-state index in [1.54, 1.807) is 6.20 Å². The Morgan fingerprint density at radius 3 is 2.53 bits per heavy atom. The molecule has 1 aliphatic rings. The van der Waals surface area contributed by atoms with Gasteiger partial charge in [-0.05, 0) is 74.9 Å². The summed E-state index contributed by atoms with van der Waals surface area (Å²) in [4.78, 5) is 16.8. The molecule has 0 aliphatic carbocycles. The molecule has 0 spiro atoms. The van der Waals surface area contributed by atoms with E-state index in [0.717, 1.165) is 59.1 Å². The second-order valence-electron chi connectivity index (χ2n) is 9.17. The fraction of sp³-hybridized carbons (Fsp3) is 0.323. The van der Waals surface area contributed by atoms with E-state index in [4.69, 9.17) is 15.7 Å². The van der Waals surface area contributed by atoms with E-state index in [0.29, 0.717) is 11.9 Å². The molecule has 0 saturated carbocycles. The van der Waals surface area contributed by atoms with Crippen molar-refractivity contribution >= 4 is 22.6 Å². The van der Waals surface area contributed by atoms with Gasteiger partial charge in [0.2, 0.25) is 0 Å². The SMILES string of the molecule is C/C=C\C(=C/C)c1ccc2nc(-c3cccnc3N)n(-c3ccc(CN4CCC(NC)C4)cc3)c2n1.CC. The minimum atomic E-state index is 0.446. The van der Waals surface area contributed by atoms with Crippen LogP contribution in [0.2, 0.25) is 0 Å². The van der Waals surface area contributed by atoms with Crippen LogP contribution in [-0.2, 0) is 6.54 Å². The summed E-state index contributed by atoms with van der Waals surface area (Å²) < 4.78 is 2.09. The Morgan fingerprint density at radius 1 is 1.08 bits per heavy atom. The van der Waals surface area contributed by atoms with E-state index in [1.807, 2.05) is 65.1 Å². The highest BCUT2D eigenvalue weighted by atomic mass is 15.2. The summed E-state index contributed by atoms with van der Waals surface area (Å²) in [7, 11) is 2.04. The first kappa shape index (κ1) is 27.2. The highest BCUT2D eigenvalue weighted by Gasteiger charge is 2.21. The van der Waals surface area contributed by atoms with Crippen LogP contribution in [0.5, 0.6) is 0 Å². The zero-order chi connectivity index (χ0) is 27.1. The number of hydrogen-bond acceptors (Lipinski definition) is 6. The summed E-state index contributed by atoms with van der Waals surface area (Å²) in [6.45, 7) is 11.2. The third-order valence-electron chi connectivity index (χ3n) is 6.82. The first-order chi connectivity index (χ1) is 18.6. The first-order valence-electron chi connectivity index (χ1n) is 13.5. The summed E-state index contributed by atoms with van der Waals surface area (Å²) >= 11 is 0. The molecule has 0 amide bonds. The van der Waals surface area contributed by atoms with Gasteiger partial charge in [0.05, 0.1) is 11.3 Å². The number of anilines is 1. The van der Waals surface area contributed by atoms with Crippen molar-refractivity contribution in [3.63, 3.8) is 0 Å². The quantitative estimate of drug-likeness (QED) is 0.303. The molecule has 4 heterocycles. The molecule has 1 saturated heterocycles. The maximum Gasteiger partial charge on any atom is 0.165 e. The summed E-state index contributed by atoms with van der Waals surface area (Å²) in [5, 5.41) is 3.39. The van der Waals surface area contributed by atoms with Crippen LogP contribution in [0.4, 0.5) is 5.82 Å². The average Bonchev–Trinajstić information content (AvgIpc) is 3.57. The van der Waals surface area contributed by atoms with Crippen molar-refractivity contribution < 1.29 is 0 Å². The summed E-state index contributed by atoms with van der Waals surface area (Å²) in [5.74, 6) is 1.18. The fourth-order valence-corrected chi connectivity index (χ4v) is 4.88. The minimum absolute atomic E-state index is 0.446. The number of allylic oxidation sites excluding steroid dienone is 4. The van der Waals surface area contributed by atoms with E-state index in [9.17, 15) is 0 Å². The molecular formula is C31H39N7. The number of nitrogens with two attached hydrogens (primary N) is 1. The number of nitrogens with one attached hydrogen (secondary N) is 1. The van der Waals surface area contributed by atoms with Crippen molar-refractivity contribution in [2.45, 2.75) is 46.7 Å². The lowest BCUT2D eigenvalue weighted by molar-refractivity contribution is 0.322. The maximum atomic E-state index is 6.28. The Labute approximate surface area is 226 Å². The number of likely N-dealkylation sites (N-methyl/N-ethyl adjacent to an activating group) is 1. The number of rotatable bonds is 7. The largest absolute Gasteiger partial charge is 0.383 e. The molecule has 198 valence electrons. The van der Waals surface area contributed by atoms with Gasteiger partial charge in [0, 0.05) is 37.6 Å². The molecular weight excluding hydrogens is 470 g/mol. The van der Waals surface area contributed by atoms with Crippen LogP contribution in [0.3, 0.4) is 0 Å². The molecule has 1 fully saturated rings. The molecule has 0 bridgehead atoms. The van der Waals surface area contributed by atoms with Crippen molar-refractivity contribution in [3.8, 4) is 17.1 Å². The van der Waals surface area contributed by atoms with Gasteiger partial charge in [-0.2, -0.15) is 0 Å². The zero-order valence-electron chi connectivity index (χ0n) is 23.1. The Kier molecular flexibility index (Phi) is 9.05. The number of nitrogens with zero attached hydrogens (tertiary/aromatic N) is 5. The van der Waals surface area contributed by atoms with Crippen LogP contribution in [0.15, 0.2) is 73.0 Å². The van der Waals surface area contributed by atoms with Crippen LogP contribution in [0.25, 0.3) is 33.8 Å². The smallest absolute Gasteiger partial charge is 0.165 e. The van der Waals surface area contributed by atoms with Gasteiger partial charge in [-0.3, -0.25) is 9.47 Å². The van der Waals surface area contributed by atoms with E-state index in [1.165, 1.54) is 12.0 Å². The molecule has 0 radical (unpaired) electrons. The predicted octanol–water partition coefficient (Wildman–Crippen LogP) is 5.86. The molecule has 1 aromatic carbocycles. The Balaban J connectivity index is 0.00000164. The Bertz CT molecular complexity index is 1420. The number of pyridine rings is 2. The Hall–Kier alpha value is -3.81. The van der Waals surface area contributed by atoms with Gasteiger partial charge < -0.3 is 11.1 Å². The number of imidazole rings is 1. The first-order valence-corrected chi connectivity index (χ1v) is 13.5. The molecule has 4 aromatic rings. The molecule has 5 rings (SSSR count). The summed E-state index contributed by atoms with van der Waals surface area (Å²) in [6.07, 6.45) is 9.06. The molecule has 3 aromatic heterocycles. The van der Waals surface area contributed by atoms with Gasteiger partial charge in [0.15, 0.2) is 11.5 Å². The van der Waals surface area contributed by atoms with Crippen LogP contribution in [0, 0.1) is 0 Å². The van der Waals surface area contributed by atoms with Crippen LogP contribution < -0.4 is 11.1 Å². The summed E-state index contributed by atoms with van der Waals surface area (Å²) in [6, 6.07) is 17.2. The monoisotopic (exact) mass is 509 g/mol. The summed E-state index contributed by atoms with van der Waals surface area (Å²) in [5.41, 5.74) is 12.9. The van der Waals surface area contributed by atoms with Gasteiger partial charge in [-0.25, -0.2) is 15.0 Å². The molecule has 3 N–H and O–H groups in total. The Morgan fingerprint density at radius 2 is 1.87 bits per heavy atom. The highest BCUT2D eigenvalue weighted by molar-refractivity contribution is 5.85. The fourth-order valence-electron chi connectivity index (χ4n) is 4.88. The van der Waals surface area contributed by atoms with Crippen LogP contribution in [-0.4, -0.2) is 50.6 Å². The number of benzene rings is 1. The third kappa shape index (κ3) is 5.69. The maximum absolute atomic E-state index is 6.28. The van der Waals surface area contributed by atoms with Crippen molar-refractivity contribution in [1.82, 2.24) is 29.7 Å². The normalized spacial score (nSPS) is 16.2. The van der Waals surface area contributed by atoms with Crippen molar-refractivity contribution in [3.05, 3.63) is 84.2 Å². The van der Waals surface area contributed by atoms with E-state index < -0.39 is 0 Å². The molecule has 1 atom stereocenters. The van der Waals surface area contributed by atoms with Gasteiger partial charge in [-0.15, -0.1) is 0 Å². The second kappa shape index (κ2) is 12.6. The van der Waals surface area contributed by atoms with Gasteiger partial charge in [-0.1, -0.05) is 44.2 Å². The van der Waals surface area contributed by atoms with Gasteiger partial charge >= 0.3 is 0 Å². The zero-order valence-corrected chi connectivity index (χ0v) is 23.1. The van der Waals surface area contributed by atoms with Crippen molar-refractivity contribution in [2.24, 2.45) is 0 Å². The molecule has 7 nitrogen and oxygen atoms in total. The van der Waals surface area contributed by atoms with E-state index in [-0.39, 0.29) is 0 Å². The number of fused-ring (bicyclic) bond motifs is 1. The van der Waals surface area contributed by atoms with Crippen LogP contribution >= 0.6 is 0 Å². The third-order valence-corrected chi connectivity index (χ3v) is 6.82. The second-order valence-corrected chi connectivity index (χ2v) is 9.17. The minimum Gasteiger partial charge on any atom is -0.383 e. The predicted molar refractivity (Wildman–Crippen MR) is 159 cm³/mol. The molecule has 38 heavy (non-hydrogen) atoms. The highest BCUT2D eigenvalue weighted by Crippen LogP contribution is 2.31. The lowest BCUT2D eigenvalue weighted by Crippen LogP contribution is -2.29. The van der Waals surface area contributed by atoms with Crippen molar-refractivity contribution in [1.29, 1.82) is 0 Å². The molecule has 1 unspecified atom stereocenters. The standard InChI is InChI=1S/C29H33N7.C2H6/c1-4-7-21(5-2)25-13-14-26-29(33-25)36(28(34-26)24-8-6-16-32-27(24)30)23-11-9-20(10-12-23)18-35-17-15-22(19-35)31-3;1-2/h4-14,16,22,31H,15,17-19H2,1-3H3,(H2,30,32);1-2H3/b7-4-,21-5+;. The van der Waals surface area contributed by atoms with Gasteiger partial charge in [0.1, 0.15) is 11.3 Å². The van der Waals surface area contributed by atoms with E-state index in [2.05, 4.69) is 56.2 Å². The topological polar surface area (TPSA) is 84.9 Å². The molecule has 7 heteroatoms.